The molecule has 1 N–H and O–H groups in total. The third kappa shape index (κ3) is 3.48. The molecule has 0 saturated heterocycles. The molecule has 0 aliphatic carbocycles. The van der Waals surface area contributed by atoms with Gasteiger partial charge >= 0.3 is 5.97 Å². The van der Waals surface area contributed by atoms with Crippen LogP contribution in [0, 0.1) is 0 Å². The van der Waals surface area contributed by atoms with Crippen molar-refractivity contribution >= 4 is 17.3 Å². The van der Waals surface area contributed by atoms with Crippen molar-refractivity contribution in [2.75, 3.05) is 13.7 Å². The number of hydrogen-bond donors (Lipinski definition) is 1. The fraction of sp³-hybridized carbons (Fsp3) is 0.214. The first-order chi connectivity index (χ1) is 9.20. The van der Waals surface area contributed by atoms with Crippen molar-refractivity contribution < 1.29 is 19.4 Å². The second kappa shape index (κ2) is 6.24. The van der Waals surface area contributed by atoms with Crippen LogP contribution in [0.5, 0.6) is 11.5 Å². The maximum Gasteiger partial charge on any atom is 0.339 e. The standard InChI is InChI=1S/C14H14O4S/c1-17-11-2-3-12(14(15)16)13(8-11)18-6-4-10-5-7-19-9-10/h2-3,5,7-9H,4,6H2,1H3,(H,15,16). The van der Waals surface area contributed by atoms with Crippen molar-refractivity contribution in [1.82, 2.24) is 0 Å². The molecule has 4 nitrogen and oxygen atoms in total. The number of benzene rings is 1. The Hall–Kier alpha value is -2.01. The molecule has 19 heavy (non-hydrogen) atoms. The van der Waals surface area contributed by atoms with E-state index < -0.39 is 5.97 Å². The Labute approximate surface area is 115 Å². The predicted molar refractivity (Wildman–Crippen MR) is 73.5 cm³/mol. The number of hydrogen-bond acceptors (Lipinski definition) is 4. The minimum atomic E-state index is -1.01. The highest BCUT2D eigenvalue weighted by Crippen LogP contribution is 2.25. The van der Waals surface area contributed by atoms with Crippen molar-refractivity contribution in [3.05, 3.63) is 46.2 Å². The summed E-state index contributed by atoms with van der Waals surface area (Å²) in [4.78, 5) is 11.1. The Balaban J connectivity index is 2.06. The minimum Gasteiger partial charge on any atom is -0.497 e. The van der Waals surface area contributed by atoms with E-state index in [0.29, 0.717) is 18.1 Å². The summed E-state index contributed by atoms with van der Waals surface area (Å²) >= 11 is 1.63. The van der Waals surface area contributed by atoms with Crippen molar-refractivity contribution in [1.29, 1.82) is 0 Å². The lowest BCUT2D eigenvalue weighted by Crippen LogP contribution is -2.06. The van der Waals surface area contributed by atoms with Crippen LogP contribution >= 0.6 is 11.3 Å². The van der Waals surface area contributed by atoms with Crippen LogP contribution < -0.4 is 9.47 Å². The molecule has 0 bridgehead atoms. The van der Waals surface area contributed by atoms with Gasteiger partial charge in [-0.2, -0.15) is 11.3 Å². The van der Waals surface area contributed by atoms with Gasteiger partial charge in [-0.1, -0.05) is 0 Å². The number of aromatic carboxylic acids is 1. The zero-order chi connectivity index (χ0) is 13.7. The molecule has 0 radical (unpaired) electrons. The fourth-order valence-electron chi connectivity index (χ4n) is 1.64. The maximum absolute atomic E-state index is 11.1. The molecule has 0 fully saturated rings. The van der Waals surface area contributed by atoms with Gasteiger partial charge < -0.3 is 14.6 Å². The highest BCUT2D eigenvalue weighted by molar-refractivity contribution is 7.07. The number of carboxylic acids is 1. The van der Waals surface area contributed by atoms with E-state index in [1.807, 2.05) is 16.8 Å². The van der Waals surface area contributed by atoms with E-state index in [-0.39, 0.29) is 5.56 Å². The molecule has 0 amide bonds. The largest absolute Gasteiger partial charge is 0.497 e. The highest BCUT2D eigenvalue weighted by Gasteiger charge is 2.12. The van der Waals surface area contributed by atoms with E-state index in [1.165, 1.54) is 18.7 Å². The number of rotatable bonds is 6. The Morgan fingerprint density at radius 3 is 2.84 bits per heavy atom. The lowest BCUT2D eigenvalue weighted by atomic mass is 10.2. The van der Waals surface area contributed by atoms with Gasteiger partial charge in [0.2, 0.25) is 0 Å². The summed E-state index contributed by atoms with van der Waals surface area (Å²) in [6.07, 6.45) is 0.750. The smallest absolute Gasteiger partial charge is 0.339 e. The maximum atomic E-state index is 11.1. The van der Waals surface area contributed by atoms with Crippen LogP contribution in [-0.4, -0.2) is 24.8 Å². The van der Waals surface area contributed by atoms with E-state index in [2.05, 4.69) is 0 Å². The number of ether oxygens (including phenoxy) is 2. The summed E-state index contributed by atoms with van der Waals surface area (Å²) in [5.41, 5.74) is 1.33. The van der Waals surface area contributed by atoms with Crippen LogP contribution in [0.4, 0.5) is 0 Å². The molecule has 0 aliphatic rings. The summed E-state index contributed by atoms with van der Waals surface area (Å²) in [5.74, 6) is -0.0919. The lowest BCUT2D eigenvalue weighted by molar-refractivity contribution is 0.0692. The fourth-order valence-corrected chi connectivity index (χ4v) is 2.34. The highest BCUT2D eigenvalue weighted by atomic mass is 32.1. The Morgan fingerprint density at radius 2 is 2.21 bits per heavy atom. The van der Waals surface area contributed by atoms with Gasteiger partial charge in [0.05, 0.1) is 13.7 Å². The Morgan fingerprint density at radius 1 is 1.37 bits per heavy atom. The number of carbonyl (C=O) groups is 1. The molecule has 5 heteroatoms. The molecule has 0 atom stereocenters. The van der Waals surface area contributed by atoms with Gasteiger partial charge in [0.25, 0.3) is 0 Å². The number of methoxy groups -OCH3 is 1. The normalized spacial score (nSPS) is 10.2. The van der Waals surface area contributed by atoms with Crippen LogP contribution in [0.2, 0.25) is 0 Å². The third-order valence-electron chi connectivity index (χ3n) is 2.65. The van der Waals surface area contributed by atoms with Crippen LogP contribution in [0.25, 0.3) is 0 Å². The monoisotopic (exact) mass is 278 g/mol. The van der Waals surface area contributed by atoms with Gasteiger partial charge in [0.15, 0.2) is 0 Å². The summed E-state index contributed by atoms with van der Waals surface area (Å²) in [5, 5.41) is 13.1. The number of thiophene rings is 1. The van der Waals surface area contributed by atoms with Gasteiger partial charge in [-0.05, 0) is 34.5 Å². The third-order valence-corrected chi connectivity index (χ3v) is 3.38. The molecule has 2 aromatic rings. The quantitative estimate of drug-likeness (QED) is 0.882. The van der Waals surface area contributed by atoms with Gasteiger partial charge in [-0.25, -0.2) is 4.79 Å². The molecule has 1 heterocycles. The molecule has 1 aromatic heterocycles. The van der Waals surface area contributed by atoms with E-state index in [1.54, 1.807) is 23.5 Å². The van der Waals surface area contributed by atoms with E-state index in [9.17, 15) is 4.79 Å². The molecule has 0 unspecified atom stereocenters. The summed E-state index contributed by atoms with van der Waals surface area (Å²) in [6, 6.07) is 6.71. The van der Waals surface area contributed by atoms with E-state index in [0.717, 1.165) is 6.42 Å². The summed E-state index contributed by atoms with van der Waals surface area (Å²) in [7, 11) is 1.53. The first kappa shape index (κ1) is 13.4. The van der Waals surface area contributed by atoms with Gasteiger partial charge in [-0.15, -0.1) is 0 Å². The first-order valence-electron chi connectivity index (χ1n) is 5.76. The zero-order valence-corrected chi connectivity index (χ0v) is 11.3. The molecular weight excluding hydrogens is 264 g/mol. The average molecular weight is 278 g/mol. The van der Waals surface area contributed by atoms with Crippen LogP contribution in [0.15, 0.2) is 35.0 Å². The molecule has 100 valence electrons. The average Bonchev–Trinajstić information content (AvgIpc) is 2.91. The SMILES string of the molecule is COc1ccc(C(=O)O)c(OCCc2ccsc2)c1. The zero-order valence-electron chi connectivity index (χ0n) is 10.5. The molecule has 1 aromatic carbocycles. The molecule has 0 saturated carbocycles. The van der Waals surface area contributed by atoms with E-state index >= 15 is 0 Å². The van der Waals surface area contributed by atoms with Crippen molar-refractivity contribution in [2.24, 2.45) is 0 Å². The minimum absolute atomic E-state index is 0.145. The molecule has 0 spiro atoms. The molecule has 0 aliphatic heterocycles. The second-order valence-corrected chi connectivity index (χ2v) is 4.68. The van der Waals surface area contributed by atoms with E-state index in [4.69, 9.17) is 14.6 Å². The molecule has 2 rings (SSSR count). The predicted octanol–water partition coefficient (Wildman–Crippen LogP) is 3.08. The van der Waals surface area contributed by atoms with Crippen LogP contribution in [0.1, 0.15) is 15.9 Å². The van der Waals surface area contributed by atoms with Crippen molar-refractivity contribution in [3.8, 4) is 11.5 Å². The van der Waals surface area contributed by atoms with Crippen molar-refractivity contribution in [2.45, 2.75) is 6.42 Å². The number of carboxylic acid groups (broad SMARTS) is 1. The molecular formula is C14H14O4S. The van der Waals surface area contributed by atoms with Crippen molar-refractivity contribution in [3.63, 3.8) is 0 Å². The first-order valence-corrected chi connectivity index (χ1v) is 6.70. The Kier molecular flexibility index (Phi) is 4.41. The van der Waals surface area contributed by atoms with Gasteiger partial charge in [0, 0.05) is 12.5 Å². The summed E-state index contributed by atoms with van der Waals surface area (Å²) in [6.45, 7) is 0.435. The topological polar surface area (TPSA) is 55.8 Å². The van der Waals surface area contributed by atoms with Gasteiger partial charge in [0.1, 0.15) is 17.1 Å². The second-order valence-electron chi connectivity index (χ2n) is 3.90. The summed E-state index contributed by atoms with van der Waals surface area (Å²) < 4.78 is 10.6. The lowest BCUT2D eigenvalue weighted by Gasteiger charge is -2.10. The Bertz CT molecular complexity index is 549. The van der Waals surface area contributed by atoms with Crippen LogP contribution in [-0.2, 0) is 6.42 Å². The van der Waals surface area contributed by atoms with Gasteiger partial charge in [-0.3, -0.25) is 0 Å². The van der Waals surface area contributed by atoms with Crippen LogP contribution in [0.3, 0.4) is 0 Å².